The summed E-state index contributed by atoms with van der Waals surface area (Å²) in [4.78, 5) is 23.1. The molecule has 0 unspecified atom stereocenters. The summed E-state index contributed by atoms with van der Waals surface area (Å²) in [6.45, 7) is 4.91. The number of piperazine rings is 1. The fourth-order valence-corrected chi connectivity index (χ4v) is 2.77. The summed E-state index contributed by atoms with van der Waals surface area (Å²) in [6.07, 6.45) is -5.08. The van der Waals surface area contributed by atoms with Crippen LogP contribution in [0.3, 0.4) is 0 Å². The minimum atomic E-state index is -5.08. The van der Waals surface area contributed by atoms with Crippen LogP contribution in [0.15, 0.2) is 42.5 Å². The lowest BCUT2D eigenvalue weighted by atomic mass is 10.0. The molecule has 28 heavy (non-hydrogen) atoms. The van der Waals surface area contributed by atoms with E-state index in [9.17, 15) is 18.0 Å². The molecule has 0 atom stereocenters. The highest BCUT2D eigenvalue weighted by atomic mass is 19.4. The van der Waals surface area contributed by atoms with Gasteiger partial charge in [0.15, 0.2) is 0 Å². The Morgan fingerprint density at radius 1 is 1.07 bits per heavy atom. The van der Waals surface area contributed by atoms with Crippen molar-refractivity contribution in [2.24, 2.45) is 0 Å². The normalized spacial score (nSPS) is 14.8. The van der Waals surface area contributed by atoms with Gasteiger partial charge in [0, 0.05) is 32.7 Å². The topological polar surface area (TPSA) is 81.7 Å². The Kier molecular flexibility index (Phi) is 7.77. The third kappa shape index (κ3) is 6.82. The van der Waals surface area contributed by atoms with Crippen molar-refractivity contribution in [2.75, 3.05) is 32.7 Å². The molecule has 0 aliphatic carbocycles. The molecule has 1 heterocycles. The number of nitrogens with one attached hydrogen (secondary N) is 2. The van der Waals surface area contributed by atoms with Crippen LogP contribution in [0.5, 0.6) is 0 Å². The first-order valence-electron chi connectivity index (χ1n) is 8.74. The lowest BCUT2D eigenvalue weighted by Gasteiger charge is -2.26. The van der Waals surface area contributed by atoms with E-state index >= 15 is 0 Å². The number of fused-ring (bicyclic) bond motifs is 1. The lowest BCUT2D eigenvalue weighted by molar-refractivity contribution is -0.192. The number of carbonyl (C=O) groups is 2. The van der Waals surface area contributed by atoms with Gasteiger partial charge in [0.1, 0.15) is 0 Å². The number of amides is 1. The number of carboxylic acid groups (broad SMARTS) is 1. The summed E-state index contributed by atoms with van der Waals surface area (Å²) in [5.41, 5.74) is 1.17. The largest absolute Gasteiger partial charge is 0.490 e. The molecule has 1 fully saturated rings. The summed E-state index contributed by atoms with van der Waals surface area (Å²) >= 11 is 0. The van der Waals surface area contributed by atoms with Gasteiger partial charge < -0.3 is 15.7 Å². The molecule has 0 aromatic heterocycles. The monoisotopic (exact) mass is 397 g/mol. The van der Waals surface area contributed by atoms with Crippen molar-refractivity contribution in [1.29, 1.82) is 0 Å². The second-order valence-corrected chi connectivity index (χ2v) is 6.24. The van der Waals surface area contributed by atoms with Gasteiger partial charge in [-0.2, -0.15) is 13.2 Å². The first-order chi connectivity index (χ1) is 13.3. The molecule has 1 amide bonds. The summed E-state index contributed by atoms with van der Waals surface area (Å²) < 4.78 is 31.7. The third-order valence-corrected chi connectivity index (χ3v) is 4.18. The van der Waals surface area contributed by atoms with E-state index in [2.05, 4.69) is 39.8 Å². The van der Waals surface area contributed by atoms with Crippen molar-refractivity contribution >= 4 is 22.6 Å². The molecule has 2 aromatic rings. The van der Waals surface area contributed by atoms with Crippen molar-refractivity contribution in [3.8, 4) is 0 Å². The average Bonchev–Trinajstić information content (AvgIpc) is 2.67. The fraction of sp³-hybridized carbons (Fsp3) is 0.368. The van der Waals surface area contributed by atoms with Crippen LogP contribution in [-0.4, -0.2) is 60.8 Å². The molecular formula is C19H22F3N3O3. The quantitative estimate of drug-likeness (QED) is 0.735. The predicted molar refractivity (Wildman–Crippen MR) is 98.8 cm³/mol. The van der Waals surface area contributed by atoms with Crippen molar-refractivity contribution in [3.63, 3.8) is 0 Å². The van der Waals surface area contributed by atoms with E-state index in [4.69, 9.17) is 9.90 Å². The molecule has 1 aliphatic heterocycles. The van der Waals surface area contributed by atoms with E-state index in [0.29, 0.717) is 13.1 Å². The Hall–Kier alpha value is -2.65. The molecule has 0 bridgehead atoms. The van der Waals surface area contributed by atoms with Gasteiger partial charge in [0.05, 0.1) is 6.54 Å². The van der Waals surface area contributed by atoms with E-state index in [0.717, 1.165) is 26.2 Å². The van der Waals surface area contributed by atoms with Gasteiger partial charge in [-0.1, -0.05) is 42.5 Å². The highest BCUT2D eigenvalue weighted by Crippen LogP contribution is 2.18. The molecule has 1 saturated heterocycles. The predicted octanol–water partition coefficient (Wildman–Crippen LogP) is 1.99. The molecule has 1 aliphatic rings. The van der Waals surface area contributed by atoms with E-state index in [1.165, 1.54) is 16.3 Å². The summed E-state index contributed by atoms with van der Waals surface area (Å²) in [7, 11) is 0. The van der Waals surface area contributed by atoms with Gasteiger partial charge in [0.25, 0.3) is 0 Å². The number of hydrogen-bond acceptors (Lipinski definition) is 4. The molecule has 0 spiro atoms. The molecule has 0 saturated carbocycles. The van der Waals surface area contributed by atoms with E-state index in [1.807, 2.05) is 18.2 Å². The number of carboxylic acids is 1. The number of hydrogen-bond donors (Lipinski definition) is 3. The van der Waals surface area contributed by atoms with Crippen molar-refractivity contribution in [1.82, 2.24) is 15.5 Å². The zero-order valence-electron chi connectivity index (χ0n) is 15.1. The maximum absolute atomic E-state index is 12.0. The van der Waals surface area contributed by atoms with Crippen LogP contribution < -0.4 is 10.6 Å². The van der Waals surface area contributed by atoms with Crippen LogP contribution in [-0.2, 0) is 16.1 Å². The number of halogens is 3. The Morgan fingerprint density at radius 3 is 2.32 bits per heavy atom. The Balaban J connectivity index is 0.000000345. The van der Waals surface area contributed by atoms with E-state index in [-0.39, 0.29) is 5.91 Å². The highest BCUT2D eigenvalue weighted by molar-refractivity contribution is 5.86. The molecule has 6 nitrogen and oxygen atoms in total. The molecular weight excluding hydrogens is 375 g/mol. The van der Waals surface area contributed by atoms with Crippen molar-refractivity contribution in [2.45, 2.75) is 12.7 Å². The van der Waals surface area contributed by atoms with Crippen LogP contribution in [0.2, 0.25) is 0 Å². The van der Waals surface area contributed by atoms with Gasteiger partial charge in [-0.05, 0) is 16.3 Å². The van der Waals surface area contributed by atoms with E-state index in [1.54, 1.807) is 0 Å². The van der Waals surface area contributed by atoms with Crippen molar-refractivity contribution in [3.05, 3.63) is 48.0 Å². The van der Waals surface area contributed by atoms with Crippen LogP contribution in [0.4, 0.5) is 13.2 Å². The zero-order valence-corrected chi connectivity index (χ0v) is 15.1. The standard InChI is InChI=1S/C17H21N3O.C2HF3O2/c21-17(13-20-10-8-18-9-11-20)19-12-15-6-3-5-14-4-1-2-7-16(14)15;3-2(4,5)1(6)7/h1-7,18H,8-13H2,(H,19,21);(H,6,7). The maximum atomic E-state index is 12.0. The second-order valence-electron chi connectivity index (χ2n) is 6.24. The van der Waals surface area contributed by atoms with Crippen LogP contribution in [0.25, 0.3) is 10.8 Å². The summed E-state index contributed by atoms with van der Waals surface area (Å²) in [5.74, 6) is -2.66. The minimum Gasteiger partial charge on any atom is -0.475 e. The van der Waals surface area contributed by atoms with Gasteiger partial charge in [-0.25, -0.2) is 4.79 Å². The number of carbonyl (C=O) groups excluding carboxylic acids is 1. The molecule has 3 N–H and O–H groups in total. The highest BCUT2D eigenvalue weighted by Gasteiger charge is 2.38. The zero-order chi connectivity index (χ0) is 20.6. The SMILES string of the molecule is O=C(CN1CCNCC1)NCc1cccc2ccccc12.O=C(O)C(F)(F)F. The molecule has 152 valence electrons. The van der Waals surface area contributed by atoms with Gasteiger partial charge in [0.2, 0.25) is 5.91 Å². The summed E-state index contributed by atoms with van der Waals surface area (Å²) in [5, 5.41) is 15.9. The molecule has 2 aromatic carbocycles. The Labute approximate surface area is 160 Å². The summed E-state index contributed by atoms with van der Waals surface area (Å²) in [6, 6.07) is 14.5. The first kappa shape index (κ1) is 21.6. The Bertz CT molecular complexity index is 800. The second kappa shape index (κ2) is 10.0. The smallest absolute Gasteiger partial charge is 0.475 e. The number of aliphatic carboxylic acids is 1. The minimum absolute atomic E-state index is 0.102. The molecule has 0 radical (unpaired) electrons. The molecule has 9 heteroatoms. The first-order valence-corrected chi connectivity index (χ1v) is 8.74. The van der Waals surface area contributed by atoms with Crippen LogP contribution in [0, 0.1) is 0 Å². The maximum Gasteiger partial charge on any atom is 0.490 e. The van der Waals surface area contributed by atoms with Gasteiger partial charge in [-0.3, -0.25) is 9.69 Å². The van der Waals surface area contributed by atoms with Crippen molar-refractivity contribution < 1.29 is 27.9 Å². The van der Waals surface area contributed by atoms with Crippen LogP contribution >= 0.6 is 0 Å². The fourth-order valence-electron chi connectivity index (χ4n) is 2.77. The number of rotatable bonds is 4. The van der Waals surface area contributed by atoms with E-state index < -0.39 is 12.1 Å². The van der Waals surface area contributed by atoms with Gasteiger partial charge >= 0.3 is 12.1 Å². The lowest BCUT2D eigenvalue weighted by Crippen LogP contribution is -2.47. The van der Waals surface area contributed by atoms with Gasteiger partial charge in [-0.15, -0.1) is 0 Å². The average molecular weight is 397 g/mol. The number of benzene rings is 2. The Morgan fingerprint density at radius 2 is 1.68 bits per heavy atom. The number of alkyl halides is 3. The van der Waals surface area contributed by atoms with Crippen LogP contribution in [0.1, 0.15) is 5.56 Å². The number of nitrogens with zero attached hydrogens (tertiary/aromatic N) is 1. The third-order valence-electron chi connectivity index (χ3n) is 4.18. The molecule has 3 rings (SSSR count).